The quantitative estimate of drug-likeness (QED) is 0.494. The SMILES string of the molecule is C#CC1CCCCC2CCCCC12. The highest BCUT2D eigenvalue weighted by Crippen LogP contribution is 2.42. The highest BCUT2D eigenvalue weighted by Gasteiger charge is 2.31. The first-order valence-electron chi connectivity index (χ1n) is 5.88. The van der Waals surface area contributed by atoms with Gasteiger partial charge in [-0.15, -0.1) is 12.3 Å². The molecule has 0 aliphatic heterocycles. The summed E-state index contributed by atoms with van der Waals surface area (Å²) < 4.78 is 0. The van der Waals surface area contributed by atoms with Gasteiger partial charge in [0, 0.05) is 5.92 Å². The molecule has 0 aromatic carbocycles. The second-order valence-corrected chi connectivity index (χ2v) is 4.77. The zero-order valence-corrected chi connectivity index (χ0v) is 8.47. The van der Waals surface area contributed by atoms with Gasteiger partial charge in [0.2, 0.25) is 0 Å². The van der Waals surface area contributed by atoms with Crippen molar-refractivity contribution in [2.45, 2.75) is 51.4 Å². The van der Waals surface area contributed by atoms with Crippen molar-refractivity contribution in [1.29, 1.82) is 0 Å². The minimum Gasteiger partial charge on any atom is -0.120 e. The van der Waals surface area contributed by atoms with Crippen LogP contribution in [0.3, 0.4) is 0 Å². The molecule has 3 atom stereocenters. The molecule has 0 N–H and O–H groups in total. The van der Waals surface area contributed by atoms with Gasteiger partial charge in [-0.3, -0.25) is 0 Å². The largest absolute Gasteiger partial charge is 0.120 e. The first kappa shape index (κ1) is 9.13. The Morgan fingerprint density at radius 1 is 0.846 bits per heavy atom. The minimum atomic E-state index is 0.618. The predicted molar refractivity (Wildman–Crippen MR) is 56.2 cm³/mol. The molecule has 0 spiro atoms. The molecule has 3 unspecified atom stereocenters. The molecule has 2 aliphatic carbocycles. The topological polar surface area (TPSA) is 0 Å². The lowest BCUT2D eigenvalue weighted by Gasteiger charge is -2.33. The highest BCUT2D eigenvalue weighted by atomic mass is 14.4. The molecule has 0 radical (unpaired) electrons. The Bertz CT molecular complexity index is 199. The molecule has 0 saturated heterocycles. The molecule has 0 aromatic rings. The van der Waals surface area contributed by atoms with E-state index in [2.05, 4.69) is 5.92 Å². The van der Waals surface area contributed by atoms with Crippen LogP contribution in [-0.2, 0) is 0 Å². The van der Waals surface area contributed by atoms with Crippen molar-refractivity contribution in [1.82, 2.24) is 0 Å². The van der Waals surface area contributed by atoms with Gasteiger partial charge < -0.3 is 0 Å². The average Bonchev–Trinajstić information content (AvgIpc) is 2.39. The number of terminal acetylenes is 1. The molecule has 0 aromatic heterocycles. The van der Waals surface area contributed by atoms with Gasteiger partial charge in [0.05, 0.1) is 0 Å². The van der Waals surface area contributed by atoms with Crippen LogP contribution in [0.15, 0.2) is 0 Å². The van der Waals surface area contributed by atoms with Crippen LogP contribution in [0, 0.1) is 30.1 Å². The van der Waals surface area contributed by atoms with E-state index >= 15 is 0 Å². The van der Waals surface area contributed by atoms with Crippen LogP contribution >= 0.6 is 0 Å². The predicted octanol–water partition coefficient (Wildman–Crippen LogP) is 3.62. The highest BCUT2D eigenvalue weighted by molar-refractivity contribution is 4.99. The van der Waals surface area contributed by atoms with E-state index < -0.39 is 0 Å². The standard InChI is InChI=1S/C13H20/c1-2-11-7-3-4-8-12-9-5-6-10-13(11)12/h1,11-13H,3-10H2. The van der Waals surface area contributed by atoms with E-state index in [0.717, 1.165) is 11.8 Å². The first-order chi connectivity index (χ1) is 6.42. The van der Waals surface area contributed by atoms with Gasteiger partial charge in [-0.1, -0.05) is 38.5 Å². The molecular formula is C13H20. The summed E-state index contributed by atoms with van der Waals surface area (Å²) in [6.07, 6.45) is 17.0. The Hall–Kier alpha value is -0.440. The fourth-order valence-corrected chi connectivity index (χ4v) is 3.32. The van der Waals surface area contributed by atoms with Gasteiger partial charge in [0.1, 0.15) is 0 Å². The van der Waals surface area contributed by atoms with Crippen molar-refractivity contribution in [2.24, 2.45) is 17.8 Å². The average molecular weight is 176 g/mol. The van der Waals surface area contributed by atoms with Crippen LogP contribution in [0.2, 0.25) is 0 Å². The molecule has 0 heterocycles. The third kappa shape index (κ3) is 1.90. The molecule has 0 amide bonds. The van der Waals surface area contributed by atoms with Gasteiger partial charge in [-0.2, -0.15) is 0 Å². The van der Waals surface area contributed by atoms with E-state index in [1.54, 1.807) is 0 Å². The molecule has 13 heavy (non-hydrogen) atoms. The molecule has 0 bridgehead atoms. The number of rotatable bonds is 0. The van der Waals surface area contributed by atoms with Crippen molar-refractivity contribution in [3.63, 3.8) is 0 Å². The lowest BCUT2D eigenvalue weighted by molar-refractivity contribution is 0.193. The van der Waals surface area contributed by atoms with Gasteiger partial charge in [-0.05, 0) is 24.7 Å². The van der Waals surface area contributed by atoms with Gasteiger partial charge >= 0.3 is 0 Å². The zero-order valence-electron chi connectivity index (χ0n) is 8.47. The van der Waals surface area contributed by atoms with Crippen LogP contribution in [0.1, 0.15) is 51.4 Å². The minimum absolute atomic E-state index is 0.618. The van der Waals surface area contributed by atoms with E-state index in [1.165, 1.54) is 51.4 Å². The molecule has 2 saturated carbocycles. The summed E-state index contributed by atoms with van der Waals surface area (Å²) in [5.74, 6) is 5.54. The van der Waals surface area contributed by atoms with Crippen molar-refractivity contribution in [2.75, 3.05) is 0 Å². The lowest BCUT2D eigenvalue weighted by Crippen LogP contribution is -2.24. The van der Waals surface area contributed by atoms with Crippen LogP contribution < -0.4 is 0 Å². The smallest absolute Gasteiger partial charge is 0.0231 e. The number of hydrogen-bond acceptors (Lipinski definition) is 0. The Kier molecular flexibility index (Phi) is 2.94. The lowest BCUT2D eigenvalue weighted by atomic mass is 9.72. The molecule has 2 fully saturated rings. The summed E-state index contributed by atoms with van der Waals surface area (Å²) >= 11 is 0. The summed E-state index contributed by atoms with van der Waals surface area (Å²) in [4.78, 5) is 0. The Morgan fingerprint density at radius 2 is 1.46 bits per heavy atom. The Balaban J connectivity index is 2.08. The van der Waals surface area contributed by atoms with Crippen molar-refractivity contribution >= 4 is 0 Å². The third-order valence-electron chi connectivity index (χ3n) is 4.04. The molecule has 72 valence electrons. The van der Waals surface area contributed by atoms with Gasteiger partial charge in [-0.25, -0.2) is 0 Å². The number of fused-ring (bicyclic) bond motifs is 1. The molecule has 0 nitrogen and oxygen atoms in total. The molecule has 2 rings (SSSR count). The molecule has 0 heteroatoms. The molecule has 2 aliphatic rings. The van der Waals surface area contributed by atoms with Crippen molar-refractivity contribution in [3.05, 3.63) is 0 Å². The normalized spacial score (nSPS) is 40.1. The second-order valence-electron chi connectivity index (χ2n) is 4.77. The van der Waals surface area contributed by atoms with Gasteiger partial charge in [0.25, 0.3) is 0 Å². The van der Waals surface area contributed by atoms with Crippen LogP contribution in [0.5, 0.6) is 0 Å². The van der Waals surface area contributed by atoms with Crippen LogP contribution in [0.25, 0.3) is 0 Å². The Labute approximate surface area is 82.1 Å². The molecular weight excluding hydrogens is 156 g/mol. The maximum absolute atomic E-state index is 5.63. The monoisotopic (exact) mass is 176 g/mol. The fraction of sp³-hybridized carbons (Fsp3) is 0.846. The summed E-state index contributed by atoms with van der Waals surface area (Å²) in [7, 11) is 0. The number of hydrogen-bond donors (Lipinski definition) is 0. The van der Waals surface area contributed by atoms with E-state index in [-0.39, 0.29) is 0 Å². The van der Waals surface area contributed by atoms with E-state index in [9.17, 15) is 0 Å². The summed E-state index contributed by atoms with van der Waals surface area (Å²) in [5.41, 5.74) is 0. The van der Waals surface area contributed by atoms with E-state index in [4.69, 9.17) is 6.42 Å². The zero-order chi connectivity index (χ0) is 9.10. The van der Waals surface area contributed by atoms with E-state index in [1.807, 2.05) is 0 Å². The van der Waals surface area contributed by atoms with Crippen molar-refractivity contribution in [3.8, 4) is 12.3 Å². The fourth-order valence-electron chi connectivity index (χ4n) is 3.32. The maximum Gasteiger partial charge on any atom is 0.0231 e. The first-order valence-corrected chi connectivity index (χ1v) is 5.88. The summed E-state index contributed by atoms with van der Waals surface area (Å²) in [5, 5.41) is 0. The Morgan fingerprint density at radius 3 is 2.15 bits per heavy atom. The van der Waals surface area contributed by atoms with Crippen LogP contribution in [-0.4, -0.2) is 0 Å². The summed E-state index contributed by atoms with van der Waals surface area (Å²) in [6.45, 7) is 0. The summed E-state index contributed by atoms with van der Waals surface area (Å²) in [6, 6.07) is 0. The second kappa shape index (κ2) is 4.18. The van der Waals surface area contributed by atoms with Crippen molar-refractivity contribution < 1.29 is 0 Å². The van der Waals surface area contributed by atoms with E-state index in [0.29, 0.717) is 5.92 Å². The third-order valence-corrected chi connectivity index (χ3v) is 4.04. The van der Waals surface area contributed by atoms with Gasteiger partial charge in [0.15, 0.2) is 0 Å². The van der Waals surface area contributed by atoms with Crippen LogP contribution in [0.4, 0.5) is 0 Å². The maximum atomic E-state index is 5.63.